The van der Waals surface area contributed by atoms with Gasteiger partial charge in [0.05, 0.1) is 19.7 Å². The van der Waals surface area contributed by atoms with Crippen molar-refractivity contribution in [2.75, 3.05) is 14.2 Å². The zero-order valence-electron chi connectivity index (χ0n) is 11.2. The van der Waals surface area contributed by atoms with Gasteiger partial charge in [-0.3, -0.25) is 9.59 Å². The highest BCUT2D eigenvalue weighted by Gasteiger charge is 2.10. The van der Waals surface area contributed by atoms with Crippen molar-refractivity contribution in [3.05, 3.63) is 34.1 Å². The number of ether oxygens (including phenoxy) is 2. The van der Waals surface area contributed by atoms with E-state index in [1.165, 1.54) is 14.2 Å². The predicted octanol–water partition coefficient (Wildman–Crippen LogP) is 1.56. The van der Waals surface area contributed by atoms with Gasteiger partial charge in [0.1, 0.15) is 11.5 Å². The molecule has 0 atom stereocenters. The number of hydrogen-bond donors (Lipinski definition) is 2. The number of carboxylic acid groups (broad SMARTS) is 1. The molecule has 2 N–H and O–H groups in total. The summed E-state index contributed by atoms with van der Waals surface area (Å²) < 4.78 is 10.4. The molecule has 0 spiro atoms. The molecule has 0 aliphatic heterocycles. The second kappa shape index (κ2) is 5.64. The molecule has 0 amide bonds. The van der Waals surface area contributed by atoms with Crippen LogP contribution in [0.3, 0.4) is 0 Å². The van der Waals surface area contributed by atoms with E-state index in [1.807, 2.05) is 0 Å². The maximum absolute atomic E-state index is 11.9. The first-order valence-electron chi connectivity index (χ1n) is 6.05. The summed E-state index contributed by atoms with van der Waals surface area (Å²) in [6.07, 6.45) is 0.0931. The van der Waals surface area contributed by atoms with Gasteiger partial charge in [-0.15, -0.1) is 0 Å². The Balaban J connectivity index is 2.56. The first-order chi connectivity index (χ1) is 9.55. The van der Waals surface area contributed by atoms with E-state index >= 15 is 0 Å². The average molecular weight is 277 g/mol. The van der Waals surface area contributed by atoms with Crippen molar-refractivity contribution < 1.29 is 19.4 Å². The van der Waals surface area contributed by atoms with Crippen LogP contribution in [0.5, 0.6) is 11.5 Å². The normalized spacial score (nSPS) is 10.5. The fourth-order valence-corrected chi connectivity index (χ4v) is 2.01. The van der Waals surface area contributed by atoms with E-state index in [2.05, 4.69) is 4.98 Å². The van der Waals surface area contributed by atoms with Crippen LogP contribution in [0.15, 0.2) is 23.0 Å². The molecule has 0 aliphatic carbocycles. The highest BCUT2D eigenvalue weighted by Crippen LogP contribution is 2.29. The van der Waals surface area contributed by atoms with Crippen LogP contribution in [-0.4, -0.2) is 30.3 Å². The summed E-state index contributed by atoms with van der Waals surface area (Å²) in [6.45, 7) is 0. The molecule has 0 saturated carbocycles. The first kappa shape index (κ1) is 13.9. The van der Waals surface area contributed by atoms with Gasteiger partial charge in [-0.1, -0.05) is 0 Å². The average Bonchev–Trinajstić information content (AvgIpc) is 2.43. The smallest absolute Gasteiger partial charge is 0.303 e. The van der Waals surface area contributed by atoms with Crippen molar-refractivity contribution in [3.8, 4) is 11.5 Å². The number of hydrogen-bond acceptors (Lipinski definition) is 4. The summed E-state index contributed by atoms with van der Waals surface area (Å²) in [7, 11) is 3.04. The third-order valence-electron chi connectivity index (χ3n) is 3.03. The number of rotatable bonds is 5. The molecule has 1 heterocycles. The molecule has 1 aromatic carbocycles. The maximum Gasteiger partial charge on any atom is 0.303 e. The lowest BCUT2D eigenvalue weighted by atomic mass is 10.1. The number of methoxy groups -OCH3 is 2. The van der Waals surface area contributed by atoms with Crippen LogP contribution in [0, 0.1) is 0 Å². The molecule has 20 heavy (non-hydrogen) atoms. The number of aromatic amines is 1. The molecule has 0 saturated heterocycles. The minimum Gasteiger partial charge on any atom is -0.497 e. The number of carboxylic acids is 1. The van der Waals surface area contributed by atoms with Crippen LogP contribution >= 0.6 is 0 Å². The number of H-pyrrole nitrogens is 1. The molecule has 6 heteroatoms. The lowest BCUT2D eigenvalue weighted by Gasteiger charge is -2.09. The number of benzene rings is 1. The predicted molar refractivity (Wildman–Crippen MR) is 73.6 cm³/mol. The largest absolute Gasteiger partial charge is 0.497 e. The summed E-state index contributed by atoms with van der Waals surface area (Å²) in [5.41, 5.74) is 0.690. The fraction of sp³-hybridized carbons (Fsp3) is 0.286. The number of aliphatic carboxylic acids is 1. The second-order valence-electron chi connectivity index (χ2n) is 4.31. The summed E-state index contributed by atoms with van der Waals surface area (Å²) in [5, 5.41) is 9.43. The zero-order chi connectivity index (χ0) is 14.7. The maximum atomic E-state index is 11.9. The number of carbonyl (C=O) groups is 1. The summed E-state index contributed by atoms with van der Waals surface area (Å²) in [4.78, 5) is 25.3. The lowest BCUT2D eigenvalue weighted by Crippen LogP contribution is -2.14. The minimum absolute atomic E-state index is 0.0876. The van der Waals surface area contributed by atoms with E-state index in [-0.39, 0.29) is 18.4 Å². The Labute approximate surface area is 115 Å². The quantitative estimate of drug-likeness (QED) is 0.865. The molecular formula is C14H15NO5. The molecule has 0 aliphatic rings. The van der Waals surface area contributed by atoms with Gasteiger partial charge in [-0.05, 0) is 18.6 Å². The van der Waals surface area contributed by atoms with Gasteiger partial charge >= 0.3 is 5.97 Å². The van der Waals surface area contributed by atoms with Crippen molar-refractivity contribution in [2.45, 2.75) is 12.8 Å². The topological polar surface area (TPSA) is 88.6 Å². The molecule has 106 valence electrons. The van der Waals surface area contributed by atoms with Crippen molar-refractivity contribution in [1.29, 1.82) is 0 Å². The Morgan fingerprint density at radius 3 is 2.60 bits per heavy atom. The molecule has 2 rings (SSSR count). The Morgan fingerprint density at radius 2 is 2.00 bits per heavy atom. The van der Waals surface area contributed by atoms with E-state index in [1.54, 1.807) is 18.2 Å². The van der Waals surface area contributed by atoms with Crippen LogP contribution < -0.4 is 15.0 Å². The van der Waals surface area contributed by atoms with Crippen LogP contribution in [0.2, 0.25) is 0 Å². The van der Waals surface area contributed by atoms with Gasteiger partial charge in [0.2, 0.25) is 0 Å². The van der Waals surface area contributed by atoms with Crippen LogP contribution in [0.4, 0.5) is 0 Å². The molecular weight excluding hydrogens is 262 g/mol. The number of nitrogens with one attached hydrogen (secondary N) is 1. The monoisotopic (exact) mass is 277 g/mol. The van der Waals surface area contributed by atoms with Crippen molar-refractivity contribution >= 4 is 16.9 Å². The van der Waals surface area contributed by atoms with Crippen LogP contribution in [0.1, 0.15) is 12.0 Å². The van der Waals surface area contributed by atoms with Crippen molar-refractivity contribution in [2.24, 2.45) is 0 Å². The van der Waals surface area contributed by atoms with Gasteiger partial charge < -0.3 is 19.6 Å². The van der Waals surface area contributed by atoms with Gasteiger partial charge in [0.25, 0.3) is 5.56 Å². The molecule has 0 radical (unpaired) electrons. The number of aryl methyl sites for hydroxylation is 1. The van der Waals surface area contributed by atoms with Gasteiger partial charge in [0.15, 0.2) is 0 Å². The summed E-state index contributed by atoms with van der Waals surface area (Å²) in [5.74, 6) is 0.166. The molecule has 1 aromatic heterocycles. The zero-order valence-corrected chi connectivity index (χ0v) is 11.2. The van der Waals surface area contributed by atoms with E-state index in [4.69, 9.17) is 14.6 Å². The molecule has 6 nitrogen and oxygen atoms in total. The van der Waals surface area contributed by atoms with Crippen molar-refractivity contribution in [3.63, 3.8) is 0 Å². The van der Waals surface area contributed by atoms with Gasteiger partial charge in [-0.2, -0.15) is 0 Å². The number of pyridine rings is 1. The molecule has 0 unspecified atom stereocenters. The first-order valence-corrected chi connectivity index (χ1v) is 6.05. The van der Waals surface area contributed by atoms with Gasteiger partial charge in [0, 0.05) is 23.4 Å². The highest BCUT2D eigenvalue weighted by atomic mass is 16.5. The lowest BCUT2D eigenvalue weighted by molar-refractivity contribution is -0.136. The van der Waals surface area contributed by atoms with E-state index in [0.717, 1.165) is 5.39 Å². The highest BCUT2D eigenvalue weighted by molar-refractivity contribution is 5.86. The third-order valence-corrected chi connectivity index (χ3v) is 3.03. The Hall–Kier alpha value is -2.50. The minimum atomic E-state index is -0.937. The molecule has 2 aromatic rings. The Kier molecular flexibility index (Phi) is 3.93. The SMILES string of the molecule is COc1cc(OC)c2[nH]c(=O)c(CCC(=O)O)cc2c1. The van der Waals surface area contributed by atoms with E-state index < -0.39 is 5.97 Å². The summed E-state index contributed by atoms with van der Waals surface area (Å²) in [6, 6.07) is 5.11. The van der Waals surface area contributed by atoms with Gasteiger partial charge in [-0.25, -0.2) is 0 Å². The fourth-order valence-electron chi connectivity index (χ4n) is 2.01. The van der Waals surface area contributed by atoms with E-state index in [0.29, 0.717) is 22.6 Å². The van der Waals surface area contributed by atoms with Crippen LogP contribution in [-0.2, 0) is 11.2 Å². The standard InChI is InChI=1S/C14H15NO5/c1-19-10-6-9-5-8(3-4-12(16)17)14(18)15-13(9)11(7-10)20-2/h5-7H,3-4H2,1-2H3,(H,15,18)(H,16,17). The Morgan fingerprint density at radius 1 is 1.25 bits per heavy atom. The Bertz CT molecular complexity index is 705. The van der Waals surface area contributed by atoms with Crippen molar-refractivity contribution in [1.82, 2.24) is 4.98 Å². The molecule has 0 bridgehead atoms. The second-order valence-corrected chi connectivity index (χ2v) is 4.31. The number of fused-ring (bicyclic) bond motifs is 1. The summed E-state index contributed by atoms with van der Waals surface area (Å²) >= 11 is 0. The van der Waals surface area contributed by atoms with E-state index in [9.17, 15) is 9.59 Å². The third kappa shape index (κ3) is 2.74. The van der Waals surface area contributed by atoms with Crippen LogP contribution in [0.25, 0.3) is 10.9 Å². The molecule has 0 fully saturated rings. The number of aromatic nitrogens is 1.